The van der Waals surface area contributed by atoms with Gasteiger partial charge in [0.05, 0.1) is 0 Å². The summed E-state index contributed by atoms with van der Waals surface area (Å²) in [5.41, 5.74) is 5.83. The number of hydrogen-bond acceptors (Lipinski definition) is 2. The predicted octanol–water partition coefficient (Wildman–Crippen LogP) is 1.11. The van der Waals surface area contributed by atoms with Gasteiger partial charge in [-0.3, -0.25) is 0 Å². The number of nitrogens with one attached hydrogen (secondary N) is 1. The molecule has 0 spiro atoms. The van der Waals surface area contributed by atoms with Gasteiger partial charge >= 0.3 is 0 Å². The van der Waals surface area contributed by atoms with Crippen molar-refractivity contribution in [2.24, 2.45) is 11.7 Å². The zero-order valence-corrected chi connectivity index (χ0v) is 7.47. The number of hydrogen-bond donors (Lipinski definition) is 2. The standard InChI is InChI=1S/C9H20N2/c1-2-3-9(10)7-11-6-8-4-5-8/h8-9,11H,2-7,10H2,1H3. The van der Waals surface area contributed by atoms with Crippen LogP contribution in [0.3, 0.4) is 0 Å². The van der Waals surface area contributed by atoms with Crippen molar-refractivity contribution in [2.45, 2.75) is 38.6 Å². The van der Waals surface area contributed by atoms with Crippen LogP contribution >= 0.6 is 0 Å². The molecular formula is C9H20N2. The minimum Gasteiger partial charge on any atom is -0.327 e. The van der Waals surface area contributed by atoms with E-state index < -0.39 is 0 Å². The van der Waals surface area contributed by atoms with Gasteiger partial charge in [0.1, 0.15) is 0 Å². The Bertz CT molecular complexity index is 99.7. The maximum absolute atomic E-state index is 5.83. The van der Waals surface area contributed by atoms with Crippen LogP contribution in [0.2, 0.25) is 0 Å². The fraction of sp³-hybridized carbons (Fsp3) is 1.00. The molecule has 1 unspecified atom stereocenters. The summed E-state index contributed by atoms with van der Waals surface area (Å²) in [5.74, 6) is 0.976. The topological polar surface area (TPSA) is 38.0 Å². The fourth-order valence-corrected chi connectivity index (χ4v) is 1.27. The van der Waals surface area contributed by atoms with E-state index in [1.165, 1.54) is 25.8 Å². The molecular weight excluding hydrogens is 136 g/mol. The third-order valence-corrected chi connectivity index (χ3v) is 2.20. The lowest BCUT2D eigenvalue weighted by atomic mass is 10.2. The molecule has 1 rings (SSSR count). The Morgan fingerprint density at radius 2 is 2.27 bits per heavy atom. The monoisotopic (exact) mass is 156 g/mol. The van der Waals surface area contributed by atoms with Crippen LogP contribution < -0.4 is 11.1 Å². The van der Waals surface area contributed by atoms with Crippen LogP contribution in [0.4, 0.5) is 0 Å². The van der Waals surface area contributed by atoms with Gasteiger partial charge in [0.25, 0.3) is 0 Å². The molecule has 0 amide bonds. The van der Waals surface area contributed by atoms with Crippen molar-refractivity contribution in [3.8, 4) is 0 Å². The van der Waals surface area contributed by atoms with Crippen molar-refractivity contribution in [3.05, 3.63) is 0 Å². The van der Waals surface area contributed by atoms with Crippen LogP contribution in [0.25, 0.3) is 0 Å². The van der Waals surface area contributed by atoms with E-state index in [1.807, 2.05) is 0 Å². The van der Waals surface area contributed by atoms with Crippen molar-refractivity contribution < 1.29 is 0 Å². The summed E-state index contributed by atoms with van der Waals surface area (Å²) >= 11 is 0. The molecule has 0 saturated heterocycles. The van der Waals surface area contributed by atoms with Gasteiger partial charge in [0, 0.05) is 12.6 Å². The van der Waals surface area contributed by atoms with E-state index >= 15 is 0 Å². The van der Waals surface area contributed by atoms with Gasteiger partial charge in [-0.1, -0.05) is 13.3 Å². The highest BCUT2D eigenvalue weighted by Gasteiger charge is 2.20. The van der Waals surface area contributed by atoms with Crippen molar-refractivity contribution in [3.63, 3.8) is 0 Å². The maximum Gasteiger partial charge on any atom is 0.0165 e. The Hall–Kier alpha value is -0.0800. The molecule has 2 heteroatoms. The van der Waals surface area contributed by atoms with Gasteiger partial charge in [-0.25, -0.2) is 0 Å². The molecule has 1 saturated carbocycles. The van der Waals surface area contributed by atoms with Gasteiger partial charge in [-0.2, -0.15) is 0 Å². The Morgan fingerprint density at radius 1 is 1.55 bits per heavy atom. The van der Waals surface area contributed by atoms with E-state index in [2.05, 4.69) is 12.2 Å². The Morgan fingerprint density at radius 3 is 2.82 bits per heavy atom. The zero-order chi connectivity index (χ0) is 8.10. The molecule has 0 radical (unpaired) electrons. The van der Waals surface area contributed by atoms with E-state index in [-0.39, 0.29) is 0 Å². The molecule has 1 aliphatic rings. The van der Waals surface area contributed by atoms with E-state index in [0.29, 0.717) is 6.04 Å². The van der Waals surface area contributed by atoms with Gasteiger partial charge in [0.15, 0.2) is 0 Å². The van der Waals surface area contributed by atoms with E-state index in [0.717, 1.165) is 18.9 Å². The smallest absolute Gasteiger partial charge is 0.0165 e. The largest absolute Gasteiger partial charge is 0.327 e. The lowest BCUT2D eigenvalue weighted by Crippen LogP contribution is -2.34. The summed E-state index contributed by atoms with van der Waals surface area (Å²) in [7, 11) is 0. The molecule has 1 atom stereocenters. The average Bonchev–Trinajstić information content (AvgIpc) is 2.72. The molecule has 11 heavy (non-hydrogen) atoms. The van der Waals surface area contributed by atoms with Crippen LogP contribution in [-0.2, 0) is 0 Å². The van der Waals surface area contributed by atoms with Crippen molar-refractivity contribution in [2.75, 3.05) is 13.1 Å². The van der Waals surface area contributed by atoms with E-state index in [9.17, 15) is 0 Å². The molecule has 0 aromatic carbocycles. The molecule has 1 aliphatic carbocycles. The lowest BCUT2D eigenvalue weighted by molar-refractivity contribution is 0.527. The molecule has 1 fully saturated rings. The van der Waals surface area contributed by atoms with E-state index in [4.69, 9.17) is 5.73 Å². The van der Waals surface area contributed by atoms with Crippen LogP contribution in [0, 0.1) is 5.92 Å². The SMILES string of the molecule is CCCC(N)CNCC1CC1. The first kappa shape index (κ1) is 9.01. The molecule has 0 aromatic heterocycles. The molecule has 0 heterocycles. The Balaban J connectivity index is 1.84. The van der Waals surface area contributed by atoms with Gasteiger partial charge in [-0.15, -0.1) is 0 Å². The minimum absolute atomic E-state index is 0.374. The minimum atomic E-state index is 0.374. The quantitative estimate of drug-likeness (QED) is 0.604. The second kappa shape index (κ2) is 4.73. The lowest BCUT2D eigenvalue weighted by Gasteiger charge is -2.10. The van der Waals surface area contributed by atoms with E-state index in [1.54, 1.807) is 0 Å². The predicted molar refractivity (Wildman–Crippen MR) is 48.5 cm³/mol. The first-order valence-corrected chi connectivity index (χ1v) is 4.79. The van der Waals surface area contributed by atoms with Crippen molar-refractivity contribution >= 4 is 0 Å². The second-order valence-corrected chi connectivity index (χ2v) is 3.65. The fourth-order valence-electron chi connectivity index (χ4n) is 1.27. The van der Waals surface area contributed by atoms with Crippen LogP contribution in [0.15, 0.2) is 0 Å². The van der Waals surface area contributed by atoms with Gasteiger partial charge in [-0.05, 0) is 31.7 Å². The van der Waals surface area contributed by atoms with Crippen LogP contribution in [-0.4, -0.2) is 19.1 Å². The molecule has 0 aromatic rings. The Kier molecular flexibility index (Phi) is 3.87. The summed E-state index contributed by atoms with van der Waals surface area (Å²) in [5, 5.41) is 3.41. The number of nitrogens with two attached hydrogens (primary N) is 1. The second-order valence-electron chi connectivity index (χ2n) is 3.65. The molecule has 66 valence electrons. The summed E-state index contributed by atoms with van der Waals surface area (Å²) < 4.78 is 0. The van der Waals surface area contributed by atoms with Crippen LogP contribution in [0.1, 0.15) is 32.6 Å². The average molecular weight is 156 g/mol. The van der Waals surface area contributed by atoms with Gasteiger partial charge < -0.3 is 11.1 Å². The summed E-state index contributed by atoms with van der Waals surface area (Å²) in [4.78, 5) is 0. The first-order valence-electron chi connectivity index (χ1n) is 4.79. The molecule has 0 bridgehead atoms. The molecule has 2 nitrogen and oxygen atoms in total. The van der Waals surface area contributed by atoms with Gasteiger partial charge in [0.2, 0.25) is 0 Å². The molecule has 0 aliphatic heterocycles. The first-order chi connectivity index (χ1) is 5.33. The summed E-state index contributed by atoms with van der Waals surface area (Å²) in [6.45, 7) is 4.38. The maximum atomic E-state index is 5.83. The summed E-state index contributed by atoms with van der Waals surface area (Å²) in [6.07, 6.45) is 5.20. The summed E-state index contributed by atoms with van der Waals surface area (Å²) in [6, 6.07) is 0.374. The van der Waals surface area contributed by atoms with Crippen molar-refractivity contribution in [1.82, 2.24) is 5.32 Å². The highest BCUT2D eigenvalue weighted by molar-refractivity contribution is 4.76. The zero-order valence-electron chi connectivity index (χ0n) is 7.47. The van der Waals surface area contributed by atoms with Crippen LogP contribution in [0.5, 0.6) is 0 Å². The third kappa shape index (κ3) is 4.38. The number of rotatable bonds is 6. The third-order valence-electron chi connectivity index (χ3n) is 2.20. The highest BCUT2D eigenvalue weighted by Crippen LogP contribution is 2.27. The molecule has 3 N–H and O–H groups in total. The highest BCUT2D eigenvalue weighted by atomic mass is 14.9. The normalized spacial score (nSPS) is 20.2. The van der Waals surface area contributed by atoms with Crippen molar-refractivity contribution in [1.29, 1.82) is 0 Å². The Labute approximate surface area is 69.5 Å².